The van der Waals surface area contributed by atoms with E-state index in [2.05, 4.69) is 14.8 Å². The average Bonchev–Trinajstić information content (AvgIpc) is 3.29. The van der Waals surface area contributed by atoms with E-state index < -0.39 is 10.0 Å². The summed E-state index contributed by atoms with van der Waals surface area (Å²) in [5.41, 5.74) is 0.711. The quantitative estimate of drug-likeness (QED) is 0.277. The summed E-state index contributed by atoms with van der Waals surface area (Å²) in [6.07, 6.45) is 8.38. The number of nitrogens with one attached hydrogen (secondary N) is 2. The van der Waals surface area contributed by atoms with Crippen molar-refractivity contribution in [2.45, 2.75) is 43.5 Å². The Morgan fingerprint density at radius 3 is 2.48 bits per heavy atom. The van der Waals surface area contributed by atoms with Crippen LogP contribution in [0.15, 0.2) is 58.1 Å². The lowest BCUT2D eigenvalue weighted by Crippen LogP contribution is -2.23. The van der Waals surface area contributed by atoms with Gasteiger partial charge in [-0.05, 0) is 48.7 Å². The number of hydrogen-bond acceptors (Lipinski definition) is 6. The van der Waals surface area contributed by atoms with Gasteiger partial charge in [0.25, 0.3) is 0 Å². The molecule has 2 rings (SSSR count). The van der Waals surface area contributed by atoms with Gasteiger partial charge in [0.15, 0.2) is 0 Å². The molecule has 9 heteroatoms. The molecule has 1 aromatic carbocycles. The first kappa shape index (κ1) is 24.4. The standard InChI is InChI=1S/C22H28N2O6S/c1-29-22(26)8-4-2-3-5-15-23-21(25)14-11-18-9-12-20(13-10-18)31(27,28)24-17-19-7-6-16-30-19/h6-7,9-14,16,24H,2-5,8,15,17H2,1H3,(H,23,25)/b14-11+. The van der Waals surface area contributed by atoms with Crippen LogP contribution in [-0.4, -0.2) is 33.9 Å². The Hall–Kier alpha value is -2.91. The highest BCUT2D eigenvalue weighted by Gasteiger charge is 2.13. The lowest BCUT2D eigenvalue weighted by molar-refractivity contribution is -0.140. The Balaban J connectivity index is 1.70. The smallest absolute Gasteiger partial charge is 0.305 e. The number of furan rings is 1. The van der Waals surface area contributed by atoms with Crippen LogP contribution in [-0.2, 0) is 30.9 Å². The molecule has 0 aliphatic heterocycles. The van der Waals surface area contributed by atoms with Crippen LogP contribution in [0.3, 0.4) is 0 Å². The summed E-state index contributed by atoms with van der Waals surface area (Å²) in [5.74, 6) is 0.107. The van der Waals surface area contributed by atoms with Gasteiger partial charge in [-0.2, -0.15) is 0 Å². The fourth-order valence-corrected chi connectivity index (χ4v) is 3.71. The molecule has 2 aromatic rings. The van der Waals surface area contributed by atoms with Crippen molar-refractivity contribution in [3.05, 3.63) is 60.1 Å². The van der Waals surface area contributed by atoms with Gasteiger partial charge >= 0.3 is 5.97 Å². The van der Waals surface area contributed by atoms with E-state index in [1.54, 1.807) is 30.3 Å². The third-order valence-corrected chi connectivity index (χ3v) is 5.89. The monoisotopic (exact) mass is 448 g/mol. The van der Waals surface area contributed by atoms with Crippen molar-refractivity contribution in [1.29, 1.82) is 0 Å². The van der Waals surface area contributed by atoms with E-state index in [1.807, 2.05) is 0 Å². The van der Waals surface area contributed by atoms with Gasteiger partial charge < -0.3 is 14.5 Å². The molecule has 0 radical (unpaired) electrons. The van der Waals surface area contributed by atoms with Gasteiger partial charge in [-0.1, -0.05) is 25.0 Å². The van der Waals surface area contributed by atoms with Gasteiger partial charge in [-0.25, -0.2) is 13.1 Å². The fourth-order valence-electron chi connectivity index (χ4n) is 2.71. The first-order chi connectivity index (χ1) is 14.9. The van der Waals surface area contributed by atoms with Crippen LogP contribution in [0, 0.1) is 0 Å². The summed E-state index contributed by atoms with van der Waals surface area (Å²) in [6.45, 7) is 0.627. The molecule has 0 bridgehead atoms. The second kappa shape index (κ2) is 12.7. The van der Waals surface area contributed by atoms with Crippen molar-refractivity contribution in [1.82, 2.24) is 10.0 Å². The Labute approximate surface area is 182 Å². The van der Waals surface area contributed by atoms with Crippen LogP contribution in [0.4, 0.5) is 0 Å². The van der Waals surface area contributed by atoms with Crippen molar-refractivity contribution in [3.63, 3.8) is 0 Å². The summed E-state index contributed by atoms with van der Waals surface area (Å²) < 4.78 is 36.8. The lowest BCUT2D eigenvalue weighted by atomic mass is 10.1. The number of sulfonamides is 1. The topological polar surface area (TPSA) is 115 Å². The molecular formula is C22H28N2O6S. The summed E-state index contributed by atoms with van der Waals surface area (Å²) in [5, 5.41) is 2.80. The molecule has 0 saturated carbocycles. The van der Waals surface area contributed by atoms with E-state index in [0.717, 1.165) is 25.7 Å². The van der Waals surface area contributed by atoms with Gasteiger partial charge in [0.2, 0.25) is 15.9 Å². The third kappa shape index (κ3) is 9.18. The van der Waals surface area contributed by atoms with E-state index >= 15 is 0 Å². The number of ether oxygens (including phenoxy) is 1. The molecule has 0 spiro atoms. The molecule has 0 saturated heterocycles. The van der Waals surface area contributed by atoms with Crippen LogP contribution in [0.1, 0.15) is 43.4 Å². The highest BCUT2D eigenvalue weighted by Crippen LogP contribution is 2.12. The second-order valence-corrected chi connectivity index (χ2v) is 8.60. The maximum atomic E-state index is 12.3. The van der Waals surface area contributed by atoms with E-state index in [9.17, 15) is 18.0 Å². The predicted octanol–water partition coefficient (Wildman–Crippen LogP) is 3.01. The largest absolute Gasteiger partial charge is 0.469 e. The zero-order chi connectivity index (χ0) is 22.5. The Morgan fingerprint density at radius 2 is 1.81 bits per heavy atom. The van der Waals surface area contributed by atoms with Gasteiger partial charge in [0.1, 0.15) is 5.76 Å². The van der Waals surface area contributed by atoms with Gasteiger partial charge in [0.05, 0.1) is 24.8 Å². The fraction of sp³-hybridized carbons (Fsp3) is 0.364. The molecule has 8 nitrogen and oxygen atoms in total. The first-order valence-corrected chi connectivity index (χ1v) is 11.5. The molecule has 0 unspecified atom stereocenters. The molecule has 0 atom stereocenters. The zero-order valence-electron chi connectivity index (χ0n) is 17.5. The number of amides is 1. The highest BCUT2D eigenvalue weighted by molar-refractivity contribution is 7.89. The van der Waals surface area contributed by atoms with Crippen LogP contribution >= 0.6 is 0 Å². The molecule has 0 aliphatic carbocycles. The molecule has 1 aromatic heterocycles. The second-order valence-electron chi connectivity index (χ2n) is 6.84. The van der Waals surface area contributed by atoms with E-state index in [4.69, 9.17) is 4.42 Å². The summed E-state index contributed by atoms with van der Waals surface area (Å²) in [7, 11) is -2.27. The summed E-state index contributed by atoms with van der Waals surface area (Å²) in [6, 6.07) is 9.60. The number of esters is 1. The number of unbranched alkanes of at least 4 members (excludes halogenated alkanes) is 3. The lowest BCUT2D eigenvalue weighted by Gasteiger charge is -2.06. The minimum absolute atomic E-state index is 0.0719. The van der Waals surface area contributed by atoms with Crippen LogP contribution in [0.2, 0.25) is 0 Å². The highest BCUT2D eigenvalue weighted by atomic mass is 32.2. The number of benzene rings is 1. The zero-order valence-corrected chi connectivity index (χ0v) is 18.3. The van der Waals surface area contributed by atoms with E-state index in [-0.39, 0.29) is 23.3 Å². The molecule has 1 amide bonds. The number of rotatable bonds is 13. The normalized spacial score (nSPS) is 11.5. The first-order valence-electron chi connectivity index (χ1n) is 10.1. The third-order valence-electron chi connectivity index (χ3n) is 4.47. The van der Waals surface area contributed by atoms with Crippen molar-refractivity contribution in [3.8, 4) is 0 Å². The SMILES string of the molecule is COC(=O)CCCCCCNC(=O)/C=C/c1ccc(S(=O)(=O)NCc2ccco2)cc1. The van der Waals surface area contributed by atoms with Gasteiger partial charge in [-0.3, -0.25) is 9.59 Å². The van der Waals surface area contributed by atoms with E-state index in [0.29, 0.717) is 24.3 Å². The molecular weight excluding hydrogens is 420 g/mol. The van der Waals surface area contributed by atoms with Crippen molar-refractivity contribution < 1.29 is 27.2 Å². The van der Waals surface area contributed by atoms with Crippen LogP contribution < -0.4 is 10.0 Å². The Bertz CT molecular complexity index is 950. The number of carbonyl (C=O) groups is 2. The molecule has 0 aliphatic rings. The maximum absolute atomic E-state index is 12.3. The summed E-state index contributed by atoms with van der Waals surface area (Å²) >= 11 is 0. The van der Waals surface area contributed by atoms with Crippen molar-refractivity contribution >= 4 is 28.0 Å². The predicted molar refractivity (Wildman–Crippen MR) is 116 cm³/mol. The minimum atomic E-state index is -3.65. The molecule has 1 heterocycles. The number of carbonyl (C=O) groups excluding carboxylic acids is 2. The van der Waals surface area contributed by atoms with Crippen LogP contribution in [0.25, 0.3) is 6.08 Å². The molecule has 31 heavy (non-hydrogen) atoms. The summed E-state index contributed by atoms with van der Waals surface area (Å²) in [4.78, 5) is 23.0. The number of hydrogen-bond donors (Lipinski definition) is 2. The maximum Gasteiger partial charge on any atom is 0.305 e. The number of methoxy groups -OCH3 is 1. The van der Waals surface area contributed by atoms with Gasteiger partial charge in [-0.15, -0.1) is 0 Å². The average molecular weight is 449 g/mol. The molecule has 0 fully saturated rings. The van der Waals surface area contributed by atoms with Gasteiger partial charge in [0, 0.05) is 19.0 Å². The van der Waals surface area contributed by atoms with Crippen molar-refractivity contribution in [2.75, 3.05) is 13.7 Å². The molecule has 168 valence electrons. The Kier molecular flexibility index (Phi) is 9.99. The van der Waals surface area contributed by atoms with E-state index in [1.165, 1.54) is 31.6 Å². The van der Waals surface area contributed by atoms with Crippen molar-refractivity contribution in [2.24, 2.45) is 0 Å². The molecule has 2 N–H and O–H groups in total. The van der Waals surface area contributed by atoms with Crippen LogP contribution in [0.5, 0.6) is 0 Å². The Morgan fingerprint density at radius 1 is 1.06 bits per heavy atom. The minimum Gasteiger partial charge on any atom is -0.469 e.